The Morgan fingerprint density at radius 1 is 0.971 bits per heavy atom. The van der Waals surface area contributed by atoms with Crippen LogP contribution in [0.15, 0.2) is 58.1 Å². The first kappa shape index (κ1) is 23.9. The van der Waals surface area contributed by atoms with Crippen LogP contribution in [0, 0.1) is 5.82 Å². The Bertz CT molecular complexity index is 1370. The van der Waals surface area contributed by atoms with Gasteiger partial charge in [-0.25, -0.2) is 9.18 Å². The first-order valence-corrected chi connectivity index (χ1v) is 11.0. The van der Waals surface area contributed by atoms with Gasteiger partial charge in [0.1, 0.15) is 11.6 Å². The van der Waals surface area contributed by atoms with Crippen molar-refractivity contribution in [2.45, 2.75) is 13.5 Å². The molecule has 11 heteroatoms. The number of halogens is 1. The molecule has 0 spiro atoms. The molecule has 3 aromatic rings. The number of piperazine rings is 1. The van der Waals surface area contributed by atoms with Crippen molar-refractivity contribution in [2.75, 3.05) is 33.3 Å². The van der Waals surface area contributed by atoms with Gasteiger partial charge in [0.05, 0.1) is 19.3 Å². The van der Waals surface area contributed by atoms with Gasteiger partial charge in [-0.15, -0.1) is 0 Å². The molecule has 0 aliphatic carbocycles. The quantitative estimate of drug-likeness (QED) is 0.536. The lowest BCUT2D eigenvalue weighted by atomic mass is 10.2. The number of aromatic nitrogens is 3. The summed E-state index contributed by atoms with van der Waals surface area (Å²) in [4.78, 5) is 54.5. The molecule has 2 aromatic carbocycles. The van der Waals surface area contributed by atoms with Gasteiger partial charge in [0.15, 0.2) is 0 Å². The van der Waals surface area contributed by atoms with Crippen molar-refractivity contribution >= 4 is 11.8 Å². The maximum absolute atomic E-state index is 14.3. The number of hydrogen-bond donors (Lipinski definition) is 0. The fraction of sp³-hybridized carbons (Fsp3) is 0.292. The van der Waals surface area contributed by atoms with Crippen LogP contribution in [0.1, 0.15) is 23.0 Å². The standard InChI is InChI=1S/C24H24FN5O5/c1-16(31)27-11-13-28(14-12-27)22(32)21-23(33)29(15-17-5-3-4-6-20(17)25)24(34)30(26-21)18-7-9-19(35-2)10-8-18/h3-10H,11-15H2,1-2H3. The van der Waals surface area contributed by atoms with E-state index in [2.05, 4.69) is 5.10 Å². The largest absolute Gasteiger partial charge is 0.497 e. The number of rotatable bonds is 5. The van der Waals surface area contributed by atoms with Gasteiger partial charge in [-0.1, -0.05) is 18.2 Å². The Hall–Kier alpha value is -4.28. The molecule has 10 nitrogen and oxygen atoms in total. The SMILES string of the molecule is COc1ccc(-n2nc(C(=O)N3CCN(C(C)=O)CC3)c(=O)n(Cc3ccccc3F)c2=O)cc1. The van der Waals surface area contributed by atoms with Crippen LogP contribution in [0.2, 0.25) is 0 Å². The van der Waals surface area contributed by atoms with E-state index >= 15 is 0 Å². The minimum Gasteiger partial charge on any atom is -0.497 e. The van der Waals surface area contributed by atoms with Gasteiger partial charge >= 0.3 is 5.69 Å². The molecule has 0 bridgehead atoms. The van der Waals surface area contributed by atoms with E-state index in [1.165, 1.54) is 37.1 Å². The van der Waals surface area contributed by atoms with Crippen LogP contribution >= 0.6 is 0 Å². The van der Waals surface area contributed by atoms with E-state index in [9.17, 15) is 23.6 Å². The summed E-state index contributed by atoms with van der Waals surface area (Å²) in [5, 5.41) is 4.12. The summed E-state index contributed by atoms with van der Waals surface area (Å²) in [6.07, 6.45) is 0. The van der Waals surface area contributed by atoms with Gasteiger partial charge in [-0.05, 0) is 30.3 Å². The molecule has 1 fully saturated rings. The van der Waals surface area contributed by atoms with Crippen LogP contribution in [0.4, 0.5) is 4.39 Å². The highest BCUT2D eigenvalue weighted by Gasteiger charge is 2.28. The monoisotopic (exact) mass is 481 g/mol. The zero-order valence-corrected chi connectivity index (χ0v) is 19.3. The number of hydrogen-bond acceptors (Lipinski definition) is 6. The summed E-state index contributed by atoms with van der Waals surface area (Å²) in [6, 6.07) is 12.1. The van der Waals surface area contributed by atoms with Crippen LogP contribution in [0.25, 0.3) is 5.69 Å². The molecule has 1 aliphatic heterocycles. The zero-order chi connectivity index (χ0) is 25.1. The minimum atomic E-state index is -0.915. The summed E-state index contributed by atoms with van der Waals surface area (Å²) in [5.41, 5.74) is -1.78. The van der Waals surface area contributed by atoms with Crippen LogP contribution in [0.5, 0.6) is 5.75 Å². The topological polar surface area (TPSA) is 107 Å². The molecule has 0 atom stereocenters. The molecular formula is C24H24FN5O5. The predicted molar refractivity (Wildman–Crippen MR) is 124 cm³/mol. The number of methoxy groups -OCH3 is 1. The number of benzene rings is 2. The maximum Gasteiger partial charge on any atom is 0.352 e. The van der Waals surface area contributed by atoms with Crippen molar-refractivity contribution in [3.05, 3.63) is 86.4 Å². The van der Waals surface area contributed by atoms with Crippen molar-refractivity contribution in [3.63, 3.8) is 0 Å². The second-order valence-electron chi connectivity index (χ2n) is 8.02. The molecular weight excluding hydrogens is 457 g/mol. The van der Waals surface area contributed by atoms with E-state index in [-0.39, 0.29) is 31.1 Å². The van der Waals surface area contributed by atoms with Crippen molar-refractivity contribution < 1.29 is 18.7 Å². The zero-order valence-electron chi connectivity index (χ0n) is 19.3. The lowest BCUT2D eigenvalue weighted by molar-refractivity contribution is -0.130. The summed E-state index contributed by atoms with van der Waals surface area (Å²) >= 11 is 0. The summed E-state index contributed by atoms with van der Waals surface area (Å²) < 4.78 is 21.2. The molecule has 182 valence electrons. The Kier molecular flexibility index (Phi) is 6.76. The molecule has 0 saturated carbocycles. The molecule has 1 saturated heterocycles. The van der Waals surface area contributed by atoms with Crippen LogP contribution in [-0.4, -0.2) is 69.3 Å². The highest BCUT2D eigenvalue weighted by Crippen LogP contribution is 2.14. The molecule has 1 aliphatic rings. The highest BCUT2D eigenvalue weighted by atomic mass is 19.1. The summed E-state index contributed by atoms with van der Waals surface area (Å²) in [5.74, 6) is -0.806. The Labute approximate surface area is 199 Å². The number of carbonyl (C=O) groups excluding carboxylic acids is 2. The van der Waals surface area contributed by atoms with E-state index < -0.39 is 28.7 Å². The second-order valence-corrected chi connectivity index (χ2v) is 8.02. The molecule has 4 rings (SSSR count). The van der Waals surface area contributed by atoms with Crippen molar-refractivity contribution in [2.24, 2.45) is 0 Å². The first-order valence-electron chi connectivity index (χ1n) is 11.0. The molecule has 0 N–H and O–H groups in total. The third kappa shape index (κ3) is 4.84. The Morgan fingerprint density at radius 2 is 1.60 bits per heavy atom. The number of nitrogens with zero attached hydrogens (tertiary/aromatic N) is 5. The Balaban J connectivity index is 1.80. The number of carbonyl (C=O) groups is 2. The minimum absolute atomic E-state index is 0.101. The third-order valence-corrected chi connectivity index (χ3v) is 5.88. The predicted octanol–water partition coefficient (Wildman–Crippen LogP) is 0.895. The third-order valence-electron chi connectivity index (χ3n) is 5.88. The maximum atomic E-state index is 14.3. The average molecular weight is 481 g/mol. The normalized spacial score (nSPS) is 13.6. The van der Waals surface area contributed by atoms with Gasteiger partial charge < -0.3 is 14.5 Å². The van der Waals surface area contributed by atoms with Crippen molar-refractivity contribution in [1.29, 1.82) is 0 Å². The summed E-state index contributed by atoms with van der Waals surface area (Å²) in [7, 11) is 1.50. The van der Waals surface area contributed by atoms with Gasteiger partial charge in [0.2, 0.25) is 11.6 Å². The highest BCUT2D eigenvalue weighted by molar-refractivity contribution is 5.92. The van der Waals surface area contributed by atoms with Gasteiger partial charge in [-0.2, -0.15) is 9.78 Å². The van der Waals surface area contributed by atoms with Crippen molar-refractivity contribution in [1.82, 2.24) is 24.1 Å². The van der Waals surface area contributed by atoms with E-state index in [1.807, 2.05) is 0 Å². The molecule has 0 unspecified atom stereocenters. The fourth-order valence-corrected chi connectivity index (χ4v) is 3.85. The lowest BCUT2D eigenvalue weighted by Crippen LogP contribution is -2.52. The van der Waals surface area contributed by atoms with Crippen LogP contribution in [-0.2, 0) is 11.3 Å². The van der Waals surface area contributed by atoms with E-state index in [0.717, 1.165) is 9.25 Å². The molecule has 1 aromatic heterocycles. The smallest absolute Gasteiger partial charge is 0.352 e. The first-order chi connectivity index (χ1) is 16.8. The Morgan fingerprint density at radius 3 is 2.20 bits per heavy atom. The van der Waals surface area contributed by atoms with Crippen LogP contribution < -0.4 is 16.0 Å². The number of ether oxygens (including phenoxy) is 1. The van der Waals surface area contributed by atoms with Gasteiger partial charge in [-0.3, -0.25) is 19.0 Å². The van der Waals surface area contributed by atoms with E-state index in [1.54, 1.807) is 35.2 Å². The second kappa shape index (κ2) is 9.92. The summed E-state index contributed by atoms with van der Waals surface area (Å²) in [6.45, 7) is 2.15. The average Bonchev–Trinajstić information content (AvgIpc) is 2.87. The van der Waals surface area contributed by atoms with Gasteiger partial charge in [0, 0.05) is 38.7 Å². The lowest BCUT2D eigenvalue weighted by Gasteiger charge is -2.33. The van der Waals surface area contributed by atoms with Crippen molar-refractivity contribution in [3.8, 4) is 11.4 Å². The van der Waals surface area contributed by atoms with E-state index in [0.29, 0.717) is 24.5 Å². The fourth-order valence-electron chi connectivity index (χ4n) is 3.85. The molecule has 35 heavy (non-hydrogen) atoms. The van der Waals surface area contributed by atoms with Crippen LogP contribution in [0.3, 0.4) is 0 Å². The van der Waals surface area contributed by atoms with Gasteiger partial charge in [0.25, 0.3) is 11.5 Å². The molecule has 0 radical (unpaired) electrons. The number of amides is 2. The molecule has 2 amide bonds. The van der Waals surface area contributed by atoms with E-state index in [4.69, 9.17) is 4.74 Å². The molecule has 2 heterocycles.